The maximum atomic E-state index is 6.09. The van der Waals surface area contributed by atoms with Crippen molar-refractivity contribution in [3.8, 4) is 0 Å². The minimum Gasteiger partial charge on any atom is -0.383 e. The van der Waals surface area contributed by atoms with E-state index in [1.54, 1.807) is 0 Å². The average molecular weight is 319 g/mol. The van der Waals surface area contributed by atoms with Crippen LogP contribution in [0.1, 0.15) is 44.3 Å². The van der Waals surface area contributed by atoms with Crippen molar-refractivity contribution in [2.45, 2.75) is 45.6 Å². The molecule has 0 amide bonds. The average Bonchev–Trinajstić information content (AvgIpc) is 2.78. The Morgan fingerprint density at radius 3 is 2.80 bits per heavy atom. The van der Waals surface area contributed by atoms with Gasteiger partial charge in [0.05, 0.1) is 15.3 Å². The van der Waals surface area contributed by atoms with Gasteiger partial charge in [0.25, 0.3) is 0 Å². The van der Waals surface area contributed by atoms with E-state index in [4.69, 9.17) is 5.73 Å². The molecule has 1 aliphatic rings. The second-order valence-corrected chi connectivity index (χ2v) is 5.47. The first kappa shape index (κ1) is 11.2. The first-order chi connectivity index (χ1) is 7.15. The lowest BCUT2D eigenvalue weighted by Gasteiger charge is -2.19. The lowest BCUT2D eigenvalue weighted by molar-refractivity contribution is 0.346. The van der Waals surface area contributed by atoms with Crippen molar-refractivity contribution in [3.63, 3.8) is 0 Å². The van der Waals surface area contributed by atoms with Crippen LogP contribution in [0.25, 0.3) is 0 Å². The van der Waals surface area contributed by atoms with Gasteiger partial charge in [-0.25, -0.2) is 4.68 Å². The fraction of sp³-hybridized carbons (Fsp3) is 0.727. The number of nitrogens with two attached hydrogens (primary N) is 1. The van der Waals surface area contributed by atoms with Crippen LogP contribution in [0.5, 0.6) is 0 Å². The van der Waals surface area contributed by atoms with Crippen LogP contribution in [-0.4, -0.2) is 9.78 Å². The number of aryl methyl sites for hydroxylation is 1. The third kappa shape index (κ3) is 1.88. The van der Waals surface area contributed by atoms with Gasteiger partial charge >= 0.3 is 0 Å². The first-order valence-corrected chi connectivity index (χ1v) is 6.73. The summed E-state index contributed by atoms with van der Waals surface area (Å²) < 4.78 is 3.19. The van der Waals surface area contributed by atoms with Gasteiger partial charge in [-0.2, -0.15) is 5.10 Å². The summed E-state index contributed by atoms with van der Waals surface area (Å²) in [5, 5.41) is 4.57. The molecular formula is C11H18IN3. The van der Waals surface area contributed by atoms with Crippen molar-refractivity contribution in [1.82, 2.24) is 9.78 Å². The zero-order valence-electron chi connectivity index (χ0n) is 9.33. The van der Waals surface area contributed by atoms with Crippen LogP contribution < -0.4 is 5.73 Å². The molecule has 15 heavy (non-hydrogen) atoms. The van der Waals surface area contributed by atoms with Gasteiger partial charge in [-0.1, -0.05) is 19.8 Å². The molecule has 1 fully saturated rings. The molecule has 2 N–H and O–H groups in total. The summed E-state index contributed by atoms with van der Waals surface area (Å²) in [4.78, 5) is 0. The van der Waals surface area contributed by atoms with E-state index in [9.17, 15) is 0 Å². The minimum absolute atomic E-state index is 0.539. The third-order valence-electron chi connectivity index (χ3n) is 3.50. The monoisotopic (exact) mass is 319 g/mol. The largest absolute Gasteiger partial charge is 0.383 e. The normalized spacial score (nSPS) is 26.1. The first-order valence-electron chi connectivity index (χ1n) is 5.65. The minimum atomic E-state index is 0.539. The highest BCUT2D eigenvalue weighted by Gasteiger charge is 2.29. The standard InChI is InChI=1S/C11H18IN3/c1-3-8-5-4-6-9(8)15-11(13)10(12)7(2)14-15/h8-9H,3-6,13H2,1-2H3. The summed E-state index contributed by atoms with van der Waals surface area (Å²) in [6.07, 6.45) is 5.12. The van der Waals surface area contributed by atoms with Crippen molar-refractivity contribution < 1.29 is 0 Å². The zero-order chi connectivity index (χ0) is 11.0. The highest BCUT2D eigenvalue weighted by molar-refractivity contribution is 14.1. The predicted octanol–water partition coefficient (Wildman–Crippen LogP) is 3.13. The van der Waals surface area contributed by atoms with Gasteiger partial charge in [0, 0.05) is 0 Å². The van der Waals surface area contributed by atoms with Crippen LogP contribution in [0.3, 0.4) is 0 Å². The van der Waals surface area contributed by atoms with Crippen LogP contribution in [-0.2, 0) is 0 Å². The Kier molecular flexibility index (Phi) is 3.23. The van der Waals surface area contributed by atoms with Gasteiger partial charge in [0.1, 0.15) is 5.82 Å². The number of halogens is 1. The van der Waals surface area contributed by atoms with Crippen LogP contribution >= 0.6 is 22.6 Å². The molecule has 0 spiro atoms. The Balaban J connectivity index is 2.32. The number of hydrogen-bond acceptors (Lipinski definition) is 2. The maximum absolute atomic E-state index is 6.09. The lowest BCUT2D eigenvalue weighted by atomic mass is 10.0. The summed E-state index contributed by atoms with van der Waals surface area (Å²) in [5.41, 5.74) is 7.16. The Bertz CT molecular complexity index is 359. The second kappa shape index (κ2) is 4.31. The predicted molar refractivity (Wildman–Crippen MR) is 70.8 cm³/mol. The number of nitrogens with zero attached hydrogens (tertiary/aromatic N) is 2. The van der Waals surface area contributed by atoms with Crippen molar-refractivity contribution in [3.05, 3.63) is 9.26 Å². The number of aromatic nitrogens is 2. The van der Waals surface area contributed by atoms with Gasteiger partial charge in [-0.15, -0.1) is 0 Å². The van der Waals surface area contributed by atoms with E-state index in [2.05, 4.69) is 39.3 Å². The molecule has 2 atom stereocenters. The smallest absolute Gasteiger partial charge is 0.135 e. The van der Waals surface area contributed by atoms with Gasteiger partial charge in [-0.3, -0.25) is 0 Å². The summed E-state index contributed by atoms with van der Waals surface area (Å²) in [7, 11) is 0. The van der Waals surface area contributed by atoms with Crippen LogP contribution in [0.15, 0.2) is 0 Å². The molecule has 1 aliphatic carbocycles. The molecule has 1 heterocycles. The Morgan fingerprint density at radius 1 is 1.53 bits per heavy atom. The van der Waals surface area contributed by atoms with E-state index in [1.165, 1.54) is 25.7 Å². The summed E-state index contributed by atoms with van der Waals surface area (Å²) >= 11 is 2.29. The van der Waals surface area contributed by atoms with Crippen molar-refractivity contribution in [2.75, 3.05) is 5.73 Å². The zero-order valence-corrected chi connectivity index (χ0v) is 11.5. The second-order valence-electron chi connectivity index (χ2n) is 4.40. The number of hydrogen-bond donors (Lipinski definition) is 1. The fourth-order valence-electron chi connectivity index (χ4n) is 2.61. The number of rotatable bonds is 2. The van der Waals surface area contributed by atoms with Gasteiger partial charge < -0.3 is 5.73 Å². The summed E-state index contributed by atoms with van der Waals surface area (Å²) in [6, 6.07) is 0.539. The maximum Gasteiger partial charge on any atom is 0.135 e. The molecule has 4 heteroatoms. The van der Waals surface area contributed by atoms with Crippen molar-refractivity contribution in [2.24, 2.45) is 5.92 Å². The molecule has 84 valence electrons. The SMILES string of the molecule is CCC1CCCC1n1nc(C)c(I)c1N. The Morgan fingerprint density at radius 2 is 2.27 bits per heavy atom. The van der Waals surface area contributed by atoms with E-state index >= 15 is 0 Å². The molecule has 2 rings (SSSR count). The van der Waals surface area contributed by atoms with Crippen molar-refractivity contribution >= 4 is 28.4 Å². The molecule has 0 bridgehead atoms. The van der Waals surface area contributed by atoms with Crippen molar-refractivity contribution in [1.29, 1.82) is 0 Å². The van der Waals surface area contributed by atoms with E-state index in [-0.39, 0.29) is 0 Å². The molecule has 0 saturated heterocycles. The Hall–Kier alpha value is -0.260. The van der Waals surface area contributed by atoms with E-state index in [1.807, 2.05) is 6.92 Å². The van der Waals surface area contributed by atoms with Gasteiger partial charge in [0.2, 0.25) is 0 Å². The molecule has 3 nitrogen and oxygen atoms in total. The highest BCUT2D eigenvalue weighted by Crippen LogP contribution is 2.39. The number of anilines is 1. The molecule has 1 saturated carbocycles. The molecule has 0 aromatic carbocycles. The van der Waals surface area contributed by atoms with Crippen LogP contribution in [0, 0.1) is 16.4 Å². The third-order valence-corrected chi connectivity index (χ3v) is 4.84. The van der Waals surface area contributed by atoms with E-state index in [0.717, 1.165) is 21.0 Å². The molecule has 0 radical (unpaired) electrons. The summed E-state index contributed by atoms with van der Waals surface area (Å²) in [5.74, 6) is 1.63. The van der Waals surface area contributed by atoms with Crippen LogP contribution in [0.2, 0.25) is 0 Å². The highest BCUT2D eigenvalue weighted by atomic mass is 127. The Labute approximate surface area is 105 Å². The molecule has 1 aromatic rings. The molecule has 2 unspecified atom stereocenters. The lowest BCUT2D eigenvalue weighted by Crippen LogP contribution is -2.17. The topological polar surface area (TPSA) is 43.8 Å². The fourth-order valence-corrected chi connectivity index (χ4v) is 2.97. The molecule has 0 aliphatic heterocycles. The van der Waals surface area contributed by atoms with Gasteiger partial charge in [-0.05, 0) is 48.3 Å². The quantitative estimate of drug-likeness (QED) is 0.851. The molecule has 1 aromatic heterocycles. The van der Waals surface area contributed by atoms with E-state index in [0.29, 0.717) is 6.04 Å². The molecular weight excluding hydrogens is 301 g/mol. The van der Waals surface area contributed by atoms with E-state index < -0.39 is 0 Å². The van der Waals surface area contributed by atoms with Gasteiger partial charge in [0.15, 0.2) is 0 Å². The van der Waals surface area contributed by atoms with Crippen LogP contribution in [0.4, 0.5) is 5.82 Å². The summed E-state index contributed by atoms with van der Waals surface area (Å²) in [6.45, 7) is 4.30. The number of nitrogen functional groups attached to an aromatic ring is 1.